The van der Waals surface area contributed by atoms with Crippen molar-refractivity contribution >= 4 is 15.9 Å². The number of hydrogen-bond donors (Lipinski definition) is 0. The van der Waals surface area contributed by atoms with Crippen molar-refractivity contribution in [1.82, 2.24) is 4.31 Å². The van der Waals surface area contributed by atoms with Crippen LogP contribution in [-0.4, -0.2) is 25.1 Å². The molecule has 1 heterocycles. The number of amidine groups is 1. The number of nitrogens with zero attached hydrogens (tertiary/aromatic N) is 2. The van der Waals surface area contributed by atoms with Crippen LogP contribution in [0, 0.1) is 5.92 Å². The van der Waals surface area contributed by atoms with Gasteiger partial charge in [0.2, 0.25) is 0 Å². The summed E-state index contributed by atoms with van der Waals surface area (Å²) in [7, 11) is -3.50. The maximum atomic E-state index is 13.0. The summed E-state index contributed by atoms with van der Waals surface area (Å²) in [6.45, 7) is 7.12. The molecule has 122 valence electrons. The van der Waals surface area contributed by atoms with E-state index in [4.69, 9.17) is 0 Å². The third-order valence-corrected chi connectivity index (χ3v) is 5.84. The first-order valence-corrected chi connectivity index (χ1v) is 9.57. The van der Waals surface area contributed by atoms with Gasteiger partial charge in [-0.15, -0.1) is 0 Å². The summed E-state index contributed by atoms with van der Waals surface area (Å²) in [5, 5.41) is 0. The van der Waals surface area contributed by atoms with E-state index in [1.807, 2.05) is 26.0 Å². The molecule has 0 atom stereocenters. The third-order valence-electron chi connectivity index (χ3n) is 3.94. The Morgan fingerprint density at radius 3 is 2.59 bits per heavy atom. The fourth-order valence-corrected chi connectivity index (χ4v) is 4.60. The molecule has 5 heteroatoms. The highest BCUT2D eigenvalue weighted by Gasteiger charge is 2.32. The first-order valence-electron chi connectivity index (χ1n) is 8.13. The van der Waals surface area contributed by atoms with Crippen LogP contribution in [-0.2, 0) is 16.6 Å². The molecule has 0 aromatic heterocycles. The Morgan fingerprint density at radius 2 is 1.91 bits per heavy atom. The molecular formula is C17H26N2O2S. The fraction of sp³-hybridized carbons (Fsp3) is 0.588. The van der Waals surface area contributed by atoms with Crippen LogP contribution in [0.4, 0.5) is 0 Å². The number of unbranched alkanes of at least 4 members (excludes halogenated alkanes) is 3. The Balaban J connectivity index is 2.36. The van der Waals surface area contributed by atoms with Gasteiger partial charge in [0.25, 0.3) is 10.0 Å². The molecule has 0 amide bonds. The Labute approximate surface area is 134 Å². The Morgan fingerprint density at radius 1 is 1.18 bits per heavy atom. The smallest absolute Gasteiger partial charge is 0.265 e. The topological polar surface area (TPSA) is 49.7 Å². The van der Waals surface area contributed by atoms with Crippen molar-refractivity contribution < 1.29 is 8.42 Å². The number of benzene rings is 1. The summed E-state index contributed by atoms with van der Waals surface area (Å²) in [5.74, 6) is 0.781. The molecule has 4 nitrogen and oxygen atoms in total. The number of aliphatic imine (C=N–C) groups is 1. The van der Waals surface area contributed by atoms with E-state index in [0.29, 0.717) is 23.8 Å². The van der Waals surface area contributed by atoms with Gasteiger partial charge >= 0.3 is 0 Å². The number of hydrogen-bond acceptors (Lipinski definition) is 3. The lowest BCUT2D eigenvalue weighted by Crippen LogP contribution is -2.39. The maximum Gasteiger partial charge on any atom is 0.265 e. The van der Waals surface area contributed by atoms with E-state index in [-0.39, 0.29) is 5.92 Å². The van der Waals surface area contributed by atoms with Crippen LogP contribution in [0.2, 0.25) is 0 Å². The van der Waals surface area contributed by atoms with Crippen molar-refractivity contribution in [1.29, 1.82) is 0 Å². The number of fused-ring (bicyclic) bond motifs is 1. The van der Waals surface area contributed by atoms with Gasteiger partial charge in [-0.05, 0) is 18.1 Å². The number of sulfonamides is 1. The van der Waals surface area contributed by atoms with Crippen LogP contribution >= 0.6 is 0 Å². The Bertz CT molecular complexity index is 636. The molecule has 0 bridgehead atoms. The van der Waals surface area contributed by atoms with Crippen LogP contribution in [0.3, 0.4) is 0 Å². The quantitative estimate of drug-likeness (QED) is 0.747. The molecule has 1 aromatic carbocycles. The first kappa shape index (κ1) is 17.0. The monoisotopic (exact) mass is 322 g/mol. The van der Waals surface area contributed by atoms with Crippen molar-refractivity contribution in [2.45, 2.75) is 57.9 Å². The van der Waals surface area contributed by atoms with Gasteiger partial charge in [-0.3, -0.25) is 9.30 Å². The van der Waals surface area contributed by atoms with E-state index < -0.39 is 10.0 Å². The van der Waals surface area contributed by atoms with Gasteiger partial charge in [0, 0.05) is 12.5 Å². The predicted octanol–water partition coefficient (Wildman–Crippen LogP) is 3.83. The summed E-state index contributed by atoms with van der Waals surface area (Å²) in [5.41, 5.74) is 0.789. The first-order chi connectivity index (χ1) is 10.5. The normalized spacial score (nSPS) is 17.1. The lowest BCUT2D eigenvalue weighted by molar-refractivity contribution is 0.488. The Hall–Kier alpha value is -1.36. The van der Waals surface area contributed by atoms with Crippen LogP contribution in [0.15, 0.2) is 34.2 Å². The average molecular weight is 322 g/mol. The van der Waals surface area contributed by atoms with Gasteiger partial charge in [0.1, 0.15) is 5.84 Å². The van der Waals surface area contributed by atoms with Gasteiger partial charge in [0.05, 0.1) is 11.4 Å². The largest absolute Gasteiger partial charge is 0.266 e. The van der Waals surface area contributed by atoms with Crippen molar-refractivity contribution in [2.75, 3.05) is 6.54 Å². The molecular weight excluding hydrogens is 296 g/mol. The highest BCUT2D eigenvalue weighted by atomic mass is 32.2. The standard InChI is InChI=1S/C17H26N2O2S/c1-4-5-6-9-12-19-17(14(2)3)18-13-15-10-7-8-11-16(15)22(19,20)21/h7-8,10-11,14H,4-6,9,12-13H2,1-3H3. The SMILES string of the molecule is CCCCCCN1C(C(C)C)=NCc2ccccc2S1(=O)=O. The van der Waals surface area contributed by atoms with E-state index in [0.717, 1.165) is 31.2 Å². The minimum Gasteiger partial charge on any atom is -0.266 e. The molecule has 0 aliphatic carbocycles. The van der Waals surface area contributed by atoms with E-state index in [2.05, 4.69) is 11.9 Å². The van der Waals surface area contributed by atoms with Crippen molar-refractivity contribution in [2.24, 2.45) is 10.9 Å². The minimum absolute atomic E-state index is 0.0928. The molecule has 0 saturated carbocycles. The van der Waals surface area contributed by atoms with Gasteiger partial charge < -0.3 is 0 Å². The van der Waals surface area contributed by atoms with Crippen LogP contribution in [0.1, 0.15) is 52.0 Å². The van der Waals surface area contributed by atoms with E-state index in [1.165, 1.54) is 0 Å². The summed E-state index contributed by atoms with van der Waals surface area (Å²) in [4.78, 5) is 5.01. The lowest BCUT2D eigenvalue weighted by atomic mass is 10.1. The maximum absolute atomic E-state index is 13.0. The zero-order chi connectivity index (χ0) is 16.2. The molecule has 1 aliphatic rings. The van der Waals surface area contributed by atoms with Crippen LogP contribution in [0.5, 0.6) is 0 Å². The van der Waals surface area contributed by atoms with Gasteiger partial charge in [-0.1, -0.05) is 58.2 Å². The fourth-order valence-electron chi connectivity index (χ4n) is 2.76. The molecule has 1 aromatic rings. The molecule has 0 unspecified atom stereocenters. The molecule has 0 radical (unpaired) electrons. The van der Waals surface area contributed by atoms with Gasteiger partial charge in [0.15, 0.2) is 0 Å². The van der Waals surface area contributed by atoms with Crippen molar-refractivity contribution in [3.63, 3.8) is 0 Å². The molecule has 0 N–H and O–H groups in total. The third kappa shape index (κ3) is 3.51. The predicted molar refractivity (Wildman–Crippen MR) is 90.5 cm³/mol. The summed E-state index contributed by atoms with van der Waals surface area (Å²) >= 11 is 0. The van der Waals surface area contributed by atoms with Crippen LogP contribution < -0.4 is 0 Å². The van der Waals surface area contributed by atoms with Crippen molar-refractivity contribution in [3.8, 4) is 0 Å². The van der Waals surface area contributed by atoms with Crippen molar-refractivity contribution in [3.05, 3.63) is 29.8 Å². The second-order valence-electron chi connectivity index (χ2n) is 6.07. The Kier molecular flexibility index (Phi) is 5.62. The zero-order valence-corrected chi connectivity index (χ0v) is 14.6. The van der Waals surface area contributed by atoms with E-state index in [9.17, 15) is 8.42 Å². The second kappa shape index (κ2) is 7.27. The zero-order valence-electron chi connectivity index (χ0n) is 13.7. The average Bonchev–Trinajstić information content (AvgIpc) is 2.59. The van der Waals surface area contributed by atoms with Gasteiger partial charge in [-0.25, -0.2) is 8.42 Å². The molecule has 0 fully saturated rings. The second-order valence-corrected chi connectivity index (χ2v) is 7.91. The van der Waals surface area contributed by atoms with E-state index >= 15 is 0 Å². The van der Waals surface area contributed by atoms with E-state index in [1.54, 1.807) is 16.4 Å². The molecule has 1 aliphatic heterocycles. The molecule has 2 rings (SSSR count). The highest BCUT2D eigenvalue weighted by molar-refractivity contribution is 7.89. The molecule has 0 saturated heterocycles. The molecule has 22 heavy (non-hydrogen) atoms. The van der Waals surface area contributed by atoms with Gasteiger partial charge in [-0.2, -0.15) is 0 Å². The highest BCUT2D eigenvalue weighted by Crippen LogP contribution is 2.27. The molecule has 0 spiro atoms. The van der Waals surface area contributed by atoms with Crippen LogP contribution in [0.25, 0.3) is 0 Å². The summed E-state index contributed by atoms with van der Waals surface area (Å²) < 4.78 is 27.6. The lowest BCUT2D eigenvalue weighted by Gasteiger charge is -2.26. The number of rotatable bonds is 6. The summed E-state index contributed by atoms with van der Waals surface area (Å²) in [6.07, 6.45) is 4.20. The minimum atomic E-state index is -3.50. The summed E-state index contributed by atoms with van der Waals surface area (Å²) in [6, 6.07) is 7.21.